The van der Waals surface area contributed by atoms with E-state index >= 15 is 0 Å². The van der Waals surface area contributed by atoms with Gasteiger partial charge >= 0.3 is 7.82 Å². The third-order valence-electron chi connectivity index (χ3n) is 1.04. The minimum absolute atomic E-state index is 0.448. The van der Waals surface area contributed by atoms with Crippen LogP contribution in [0.1, 0.15) is 11.6 Å². The van der Waals surface area contributed by atoms with E-state index in [-0.39, 0.29) is 0 Å². The van der Waals surface area contributed by atoms with Gasteiger partial charge in [-0.3, -0.25) is 0 Å². The van der Waals surface area contributed by atoms with Crippen LogP contribution in [-0.2, 0) is 4.57 Å². The minimum Gasteiger partial charge on any atom is -0.312 e. The molecule has 0 spiro atoms. The lowest BCUT2D eigenvalue weighted by atomic mass is 10.2. The van der Waals surface area contributed by atoms with Gasteiger partial charge in [-0.25, -0.2) is 4.57 Å². The second-order valence-corrected chi connectivity index (χ2v) is 3.98. The molecule has 1 heterocycles. The molecule has 1 aromatic rings. The van der Waals surface area contributed by atoms with Crippen molar-refractivity contribution in [3.05, 3.63) is 22.4 Å². The van der Waals surface area contributed by atoms with Gasteiger partial charge in [-0.2, -0.15) is 16.6 Å². The summed E-state index contributed by atoms with van der Waals surface area (Å²) in [4.78, 5) is 21.6. The Labute approximate surface area is 84.5 Å². The molecule has 1 aromatic heterocycles. The predicted molar refractivity (Wildman–Crippen MR) is 51.1 cm³/mol. The van der Waals surface area contributed by atoms with Gasteiger partial charge in [0.15, 0.2) is 0 Å². The molecule has 0 aliphatic rings. The van der Waals surface area contributed by atoms with Crippen LogP contribution in [0.25, 0.3) is 0 Å². The van der Waals surface area contributed by atoms with Gasteiger partial charge in [-0.15, -0.1) is 0 Å². The Morgan fingerprint density at radius 3 is 2.36 bits per heavy atom. The highest BCUT2D eigenvalue weighted by Crippen LogP contribution is 2.25. The molecular weight excluding hydrogens is 227 g/mol. The highest BCUT2D eigenvalue weighted by Gasteiger charge is 2.01. The van der Waals surface area contributed by atoms with Gasteiger partial charge in [0, 0.05) is 0 Å². The Kier molecular flexibility index (Phi) is 5.57. The number of rotatable bonds is 1. The lowest BCUT2D eigenvalue weighted by molar-refractivity contribution is 0.275. The van der Waals surface area contributed by atoms with Gasteiger partial charge in [0.25, 0.3) is 0 Å². The SMILES string of the molecule is N#CC(N)c1ccsc1.O=P(O)(O)O. The van der Waals surface area contributed by atoms with Crippen molar-refractivity contribution in [2.24, 2.45) is 5.73 Å². The third-order valence-corrected chi connectivity index (χ3v) is 1.74. The first-order chi connectivity index (χ1) is 6.34. The van der Waals surface area contributed by atoms with Crippen molar-refractivity contribution >= 4 is 19.2 Å². The Balaban J connectivity index is 0.000000292. The molecule has 0 saturated carbocycles. The molecule has 0 fully saturated rings. The monoisotopic (exact) mass is 236 g/mol. The summed E-state index contributed by atoms with van der Waals surface area (Å²) in [7, 11) is -4.64. The lowest BCUT2D eigenvalue weighted by Gasteiger charge is -1.93. The lowest BCUT2D eigenvalue weighted by Crippen LogP contribution is -2.04. The quantitative estimate of drug-likeness (QED) is 0.520. The fourth-order valence-electron chi connectivity index (χ4n) is 0.526. The smallest absolute Gasteiger partial charge is 0.312 e. The van der Waals surface area contributed by atoms with E-state index in [1.54, 1.807) is 11.3 Å². The molecule has 0 bridgehead atoms. The first-order valence-electron chi connectivity index (χ1n) is 3.30. The van der Waals surface area contributed by atoms with Crippen LogP contribution < -0.4 is 5.73 Å². The van der Waals surface area contributed by atoms with Crippen molar-refractivity contribution in [1.82, 2.24) is 0 Å². The maximum Gasteiger partial charge on any atom is 0.466 e. The van der Waals surface area contributed by atoms with Crippen molar-refractivity contribution in [2.75, 3.05) is 0 Å². The number of phosphoric acid groups is 1. The number of nitriles is 1. The van der Waals surface area contributed by atoms with Crippen molar-refractivity contribution in [1.29, 1.82) is 5.26 Å². The summed E-state index contributed by atoms with van der Waals surface area (Å²) >= 11 is 1.55. The van der Waals surface area contributed by atoms with Gasteiger partial charge in [0.1, 0.15) is 6.04 Å². The average Bonchev–Trinajstić information content (AvgIpc) is 2.51. The predicted octanol–water partition coefficient (Wildman–Crippen LogP) is 0.343. The van der Waals surface area contributed by atoms with E-state index in [1.807, 2.05) is 22.9 Å². The zero-order chi connectivity index (χ0) is 11.2. The molecule has 0 aromatic carbocycles. The second-order valence-electron chi connectivity index (χ2n) is 2.18. The fourth-order valence-corrected chi connectivity index (χ4v) is 1.22. The molecule has 0 radical (unpaired) electrons. The van der Waals surface area contributed by atoms with Crippen LogP contribution in [0, 0.1) is 11.3 Å². The largest absolute Gasteiger partial charge is 0.466 e. The summed E-state index contributed by atoms with van der Waals surface area (Å²) in [5.41, 5.74) is 6.29. The molecule has 0 aliphatic carbocycles. The summed E-state index contributed by atoms with van der Waals surface area (Å²) in [6.45, 7) is 0. The maximum atomic E-state index is 8.88. The average molecular weight is 236 g/mol. The molecule has 0 saturated heterocycles. The van der Waals surface area contributed by atoms with Gasteiger partial charge in [-0.05, 0) is 22.4 Å². The molecule has 1 rings (SSSR count). The summed E-state index contributed by atoms with van der Waals surface area (Å²) in [5.74, 6) is 0. The molecule has 0 amide bonds. The molecule has 14 heavy (non-hydrogen) atoms. The Bertz CT molecular complexity index is 333. The summed E-state index contributed by atoms with van der Waals surface area (Å²) in [6.07, 6.45) is 0. The van der Waals surface area contributed by atoms with Gasteiger partial charge in [0.2, 0.25) is 0 Å². The number of nitrogens with two attached hydrogens (primary N) is 1. The van der Waals surface area contributed by atoms with Crippen LogP contribution in [0.2, 0.25) is 0 Å². The van der Waals surface area contributed by atoms with E-state index in [4.69, 9.17) is 30.2 Å². The summed E-state index contributed by atoms with van der Waals surface area (Å²) < 4.78 is 8.88. The Hall–Kier alpha value is -0.740. The second kappa shape index (κ2) is 5.88. The molecule has 5 N–H and O–H groups in total. The Morgan fingerprint density at radius 2 is 2.07 bits per heavy atom. The topological polar surface area (TPSA) is 128 Å². The van der Waals surface area contributed by atoms with Crippen molar-refractivity contribution in [2.45, 2.75) is 6.04 Å². The van der Waals surface area contributed by atoms with E-state index in [0.717, 1.165) is 5.56 Å². The number of hydrogen-bond acceptors (Lipinski definition) is 4. The van der Waals surface area contributed by atoms with Gasteiger partial charge < -0.3 is 20.4 Å². The maximum absolute atomic E-state index is 8.88. The van der Waals surface area contributed by atoms with E-state index in [9.17, 15) is 0 Å². The first-order valence-corrected chi connectivity index (χ1v) is 5.81. The highest BCUT2D eigenvalue weighted by atomic mass is 32.1. The van der Waals surface area contributed by atoms with E-state index in [2.05, 4.69) is 0 Å². The Morgan fingerprint density at radius 1 is 1.57 bits per heavy atom. The van der Waals surface area contributed by atoms with Crippen molar-refractivity contribution in [3.8, 4) is 6.07 Å². The van der Waals surface area contributed by atoms with E-state index in [0.29, 0.717) is 0 Å². The standard InChI is InChI=1S/C6H6N2S.H3O4P/c7-3-6(8)5-1-2-9-4-5;1-5(2,3)4/h1-2,4,6H,8H2;(H3,1,2,3,4). The van der Waals surface area contributed by atoms with E-state index in [1.165, 1.54) is 0 Å². The number of nitrogens with zero attached hydrogens (tertiary/aromatic N) is 1. The van der Waals surface area contributed by atoms with Crippen LogP contribution in [0.5, 0.6) is 0 Å². The highest BCUT2D eigenvalue weighted by molar-refractivity contribution is 7.45. The fraction of sp³-hybridized carbons (Fsp3) is 0.167. The number of hydrogen-bond donors (Lipinski definition) is 4. The minimum atomic E-state index is -4.64. The molecule has 78 valence electrons. The zero-order valence-electron chi connectivity index (χ0n) is 6.94. The molecular formula is C6H9N2O4PS. The molecule has 1 unspecified atom stereocenters. The van der Waals surface area contributed by atoms with Crippen LogP contribution >= 0.6 is 19.2 Å². The molecule has 0 aliphatic heterocycles. The normalized spacial score (nSPS) is 12.2. The van der Waals surface area contributed by atoms with Crippen LogP contribution in [0.3, 0.4) is 0 Å². The summed E-state index contributed by atoms with van der Waals surface area (Å²) in [6, 6.07) is 3.36. The zero-order valence-corrected chi connectivity index (χ0v) is 8.65. The van der Waals surface area contributed by atoms with E-state index < -0.39 is 13.9 Å². The van der Waals surface area contributed by atoms with Crippen LogP contribution in [-0.4, -0.2) is 14.7 Å². The third kappa shape index (κ3) is 7.89. The number of thiophene rings is 1. The van der Waals surface area contributed by atoms with Crippen molar-refractivity contribution < 1.29 is 19.2 Å². The van der Waals surface area contributed by atoms with Crippen LogP contribution in [0.4, 0.5) is 0 Å². The molecule has 6 nitrogen and oxygen atoms in total. The first kappa shape index (κ1) is 13.3. The molecule has 1 atom stereocenters. The van der Waals surface area contributed by atoms with Crippen molar-refractivity contribution in [3.63, 3.8) is 0 Å². The van der Waals surface area contributed by atoms with Crippen LogP contribution in [0.15, 0.2) is 16.8 Å². The van der Waals surface area contributed by atoms with Gasteiger partial charge in [0.05, 0.1) is 6.07 Å². The summed E-state index contributed by atoms with van der Waals surface area (Å²) in [5, 5.41) is 12.1. The van der Waals surface area contributed by atoms with Gasteiger partial charge in [-0.1, -0.05) is 0 Å². The molecule has 8 heteroatoms.